The van der Waals surface area contributed by atoms with Gasteiger partial charge in [-0.2, -0.15) is 0 Å². The van der Waals surface area contributed by atoms with E-state index in [1.807, 2.05) is 31.2 Å². The highest BCUT2D eigenvalue weighted by Gasteiger charge is 2.34. The molecule has 0 saturated heterocycles. The molecule has 1 rings (SSSR count). The summed E-state index contributed by atoms with van der Waals surface area (Å²) >= 11 is 0. The Morgan fingerprint density at radius 2 is 1.92 bits per heavy atom. The predicted molar refractivity (Wildman–Crippen MR) is 103 cm³/mol. The summed E-state index contributed by atoms with van der Waals surface area (Å²) in [6, 6.07) is 7.91. The molecular weight excluding hydrogens is 314 g/mol. The largest absolute Gasteiger partial charge is 0.476 e. The molecule has 0 spiro atoms. The molecule has 0 aromatic heterocycles. The van der Waals surface area contributed by atoms with Crippen molar-refractivity contribution in [1.29, 1.82) is 0 Å². The van der Waals surface area contributed by atoms with Crippen molar-refractivity contribution in [2.45, 2.75) is 58.5 Å². The highest BCUT2D eigenvalue weighted by Crippen LogP contribution is 2.23. The number of hydrogen-bond donors (Lipinski definition) is 1. The lowest BCUT2D eigenvalue weighted by Gasteiger charge is -2.26. The summed E-state index contributed by atoms with van der Waals surface area (Å²) in [4.78, 5) is 11.9. The number of ether oxygens (including phenoxy) is 2. The van der Waals surface area contributed by atoms with E-state index < -0.39 is 5.60 Å². The van der Waals surface area contributed by atoms with Crippen LogP contribution in [-0.2, 0) is 16.0 Å². The number of hydrogen-bond acceptors (Lipinski definition) is 4. The lowest BCUT2D eigenvalue weighted by molar-refractivity contribution is -0.157. The van der Waals surface area contributed by atoms with Crippen LogP contribution < -0.4 is 10.1 Å². The smallest absolute Gasteiger partial charge is 0.349 e. The molecule has 0 amide bonds. The summed E-state index contributed by atoms with van der Waals surface area (Å²) in [6.07, 6.45) is 9.64. The molecule has 4 nitrogen and oxygen atoms in total. The van der Waals surface area contributed by atoms with Gasteiger partial charge < -0.3 is 14.8 Å². The Hall–Kier alpha value is -1.81. The fourth-order valence-corrected chi connectivity index (χ4v) is 2.40. The van der Waals surface area contributed by atoms with E-state index in [1.54, 1.807) is 6.92 Å². The first-order chi connectivity index (χ1) is 12.1. The number of allylic oxidation sites excluding steroid dienone is 1. The van der Waals surface area contributed by atoms with Gasteiger partial charge >= 0.3 is 5.97 Å². The Bertz CT molecular complexity index is 524. The molecule has 4 heteroatoms. The first-order valence-corrected chi connectivity index (χ1v) is 9.27. The minimum atomic E-state index is -0.943. The molecule has 1 atom stereocenters. The van der Waals surface area contributed by atoms with Gasteiger partial charge in [-0.05, 0) is 50.4 Å². The molecule has 0 saturated carbocycles. The van der Waals surface area contributed by atoms with Crippen molar-refractivity contribution in [3.8, 4) is 5.75 Å². The molecule has 0 radical (unpaired) electrons. The van der Waals surface area contributed by atoms with Crippen LogP contribution in [0.25, 0.3) is 0 Å². The molecule has 0 bridgehead atoms. The van der Waals surface area contributed by atoms with Gasteiger partial charge in [0, 0.05) is 6.54 Å². The van der Waals surface area contributed by atoms with Crippen LogP contribution in [0, 0.1) is 0 Å². The number of esters is 1. The third-order valence-corrected chi connectivity index (χ3v) is 4.30. The van der Waals surface area contributed by atoms with Crippen LogP contribution in [0.15, 0.2) is 36.4 Å². The van der Waals surface area contributed by atoms with E-state index in [9.17, 15) is 4.79 Å². The molecule has 1 N–H and O–H groups in total. The Kier molecular flexibility index (Phi) is 9.93. The molecule has 0 heterocycles. The number of rotatable bonds is 12. The van der Waals surface area contributed by atoms with Crippen molar-refractivity contribution < 1.29 is 14.3 Å². The van der Waals surface area contributed by atoms with Crippen molar-refractivity contribution in [2.24, 2.45) is 0 Å². The normalized spacial score (nSPS) is 13.6. The highest BCUT2D eigenvalue weighted by atomic mass is 16.6. The number of carbonyl (C=O) groups excluding carboxylic acids is 1. The van der Waals surface area contributed by atoms with Gasteiger partial charge in [0.15, 0.2) is 0 Å². The molecule has 0 fully saturated rings. The quantitative estimate of drug-likeness (QED) is 0.348. The van der Waals surface area contributed by atoms with E-state index in [4.69, 9.17) is 9.47 Å². The van der Waals surface area contributed by atoms with Crippen molar-refractivity contribution in [2.75, 3.05) is 20.2 Å². The van der Waals surface area contributed by atoms with Gasteiger partial charge in [-0.15, -0.1) is 0 Å². The highest BCUT2D eigenvalue weighted by molar-refractivity contribution is 5.79. The maximum absolute atomic E-state index is 11.9. The standard InChI is InChI=1S/C21H33NO3/c1-5-7-8-9-10-16-22-17-15-18-11-13-19(14-12-18)25-21(3,6-2)20(23)24-4/h9-14,22H,5-8,15-17H2,1-4H3. The van der Waals surface area contributed by atoms with Gasteiger partial charge in [0.05, 0.1) is 7.11 Å². The molecular formula is C21H33NO3. The minimum Gasteiger partial charge on any atom is -0.476 e. The second-order valence-corrected chi connectivity index (χ2v) is 6.39. The topological polar surface area (TPSA) is 47.6 Å². The summed E-state index contributed by atoms with van der Waals surface area (Å²) in [5.74, 6) is 0.334. The van der Waals surface area contributed by atoms with Gasteiger partial charge in [-0.25, -0.2) is 4.79 Å². The molecule has 1 unspecified atom stereocenters. The van der Waals surface area contributed by atoms with Gasteiger partial charge in [0.25, 0.3) is 0 Å². The number of nitrogens with one attached hydrogen (secondary N) is 1. The van der Waals surface area contributed by atoms with Crippen molar-refractivity contribution >= 4 is 5.97 Å². The van der Waals surface area contributed by atoms with Crippen LogP contribution in [0.2, 0.25) is 0 Å². The second-order valence-electron chi connectivity index (χ2n) is 6.39. The fourth-order valence-electron chi connectivity index (χ4n) is 2.40. The minimum absolute atomic E-state index is 0.352. The SMILES string of the molecule is CCCCC=CCNCCc1ccc(OC(C)(CC)C(=O)OC)cc1. The van der Waals surface area contributed by atoms with Gasteiger partial charge in [0.1, 0.15) is 5.75 Å². The van der Waals surface area contributed by atoms with E-state index in [2.05, 4.69) is 24.4 Å². The molecule has 1 aromatic carbocycles. The van der Waals surface area contributed by atoms with Gasteiger partial charge in [-0.1, -0.05) is 51.0 Å². The Labute approximate surface area is 152 Å². The molecule has 0 aliphatic carbocycles. The molecule has 1 aromatic rings. The van der Waals surface area contributed by atoms with Crippen molar-refractivity contribution in [1.82, 2.24) is 5.32 Å². The van der Waals surface area contributed by atoms with E-state index in [1.165, 1.54) is 31.9 Å². The maximum Gasteiger partial charge on any atom is 0.349 e. The number of benzene rings is 1. The van der Waals surface area contributed by atoms with Crippen molar-refractivity contribution in [3.63, 3.8) is 0 Å². The fraction of sp³-hybridized carbons (Fsp3) is 0.571. The van der Waals surface area contributed by atoms with E-state index in [0.717, 1.165) is 19.5 Å². The third kappa shape index (κ3) is 7.74. The predicted octanol–water partition coefficient (Wildman–Crippen LogP) is 4.29. The molecule has 140 valence electrons. The van der Waals surface area contributed by atoms with Crippen LogP contribution >= 0.6 is 0 Å². The lowest BCUT2D eigenvalue weighted by Crippen LogP contribution is -2.41. The Morgan fingerprint density at radius 3 is 2.52 bits per heavy atom. The Morgan fingerprint density at radius 1 is 1.20 bits per heavy atom. The zero-order valence-corrected chi connectivity index (χ0v) is 16.1. The van der Waals surface area contributed by atoms with E-state index in [-0.39, 0.29) is 5.97 Å². The monoisotopic (exact) mass is 347 g/mol. The number of unbranched alkanes of at least 4 members (excludes halogenated alkanes) is 2. The second kappa shape index (κ2) is 11.7. The Balaban J connectivity index is 2.38. The first-order valence-electron chi connectivity index (χ1n) is 9.27. The molecule has 0 aliphatic heterocycles. The summed E-state index contributed by atoms with van der Waals surface area (Å²) < 4.78 is 10.7. The lowest BCUT2D eigenvalue weighted by atomic mass is 10.0. The third-order valence-electron chi connectivity index (χ3n) is 4.30. The van der Waals surface area contributed by atoms with E-state index >= 15 is 0 Å². The summed E-state index contributed by atoms with van der Waals surface area (Å²) in [5.41, 5.74) is 0.299. The average molecular weight is 347 g/mol. The molecule has 25 heavy (non-hydrogen) atoms. The van der Waals surface area contributed by atoms with E-state index in [0.29, 0.717) is 12.2 Å². The summed E-state index contributed by atoms with van der Waals surface area (Å²) in [5, 5.41) is 3.42. The van der Waals surface area contributed by atoms with Crippen LogP contribution in [0.1, 0.15) is 52.0 Å². The average Bonchev–Trinajstić information content (AvgIpc) is 2.64. The van der Waals surface area contributed by atoms with Crippen LogP contribution in [0.5, 0.6) is 5.75 Å². The van der Waals surface area contributed by atoms with Crippen LogP contribution in [-0.4, -0.2) is 31.8 Å². The first kappa shape index (κ1) is 21.2. The van der Waals surface area contributed by atoms with Crippen molar-refractivity contribution in [3.05, 3.63) is 42.0 Å². The summed E-state index contributed by atoms with van der Waals surface area (Å²) in [6.45, 7) is 7.73. The van der Waals surface area contributed by atoms with Gasteiger partial charge in [0.2, 0.25) is 5.60 Å². The van der Waals surface area contributed by atoms with Crippen LogP contribution in [0.3, 0.4) is 0 Å². The zero-order chi connectivity index (χ0) is 18.5. The zero-order valence-electron chi connectivity index (χ0n) is 16.1. The maximum atomic E-state index is 11.9. The van der Waals surface area contributed by atoms with Gasteiger partial charge in [-0.3, -0.25) is 0 Å². The molecule has 0 aliphatic rings. The summed E-state index contributed by atoms with van der Waals surface area (Å²) in [7, 11) is 1.38. The number of carbonyl (C=O) groups is 1. The number of methoxy groups -OCH3 is 1. The van der Waals surface area contributed by atoms with Crippen LogP contribution in [0.4, 0.5) is 0 Å².